The molecule has 0 aliphatic carbocycles. The predicted molar refractivity (Wildman–Crippen MR) is 139 cm³/mol. The average Bonchev–Trinajstić information content (AvgIpc) is 3.43. The maximum Gasteiger partial charge on any atom is 0.191 e. The molecule has 1 saturated heterocycles. The molecule has 8 nitrogen and oxygen atoms in total. The first-order valence-corrected chi connectivity index (χ1v) is 11.9. The Labute approximate surface area is 207 Å². The standard InChI is InChI=1S/C28H25N5O3/c34-26-17-27(32-13-15-35-16-14-32)29-28-23(7-4-8-24(26)28)25-18-33(31-30-25)21-9-11-22(12-10-21)36-19-20-5-2-1-3-6-20/h1-12,17-18H,13-16,19H2,(H,29,34). The second-order valence-corrected chi connectivity index (χ2v) is 8.66. The molecule has 0 saturated carbocycles. The number of ether oxygens (including phenoxy) is 2. The summed E-state index contributed by atoms with van der Waals surface area (Å²) < 4.78 is 13.1. The van der Waals surface area contributed by atoms with Gasteiger partial charge in [0.05, 0.1) is 30.6 Å². The molecule has 0 bridgehead atoms. The third kappa shape index (κ3) is 4.46. The van der Waals surface area contributed by atoms with Gasteiger partial charge in [0, 0.05) is 30.1 Å². The van der Waals surface area contributed by atoms with Crippen molar-refractivity contribution in [2.45, 2.75) is 6.61 Å². The molecule has 2 aromatic heterocycles. The SMILES string of the molecule is O=c1cc(N2CCOCC2)[nH]c2c(-c3cn(-c4ccc(OCc5ccccc5)cc4)nn3)cccc12. The summed E-state index contributed by atoms with van der Waals surface area (Å²) in [5, 5.41) is 9.37. The van der Waals surface area contributed by atoms with Gasteiger partial charge in [-0.1, -0.05) is 47.7 Å². The number of aromatic nitrogens is 4. The molecule has 1 fully saturated rings. The van der Waals surface area contributed by atoms with E-state index < -0.39 is 0 Å². The molecule has 3 heterocycles. The number of hydrogen-bond acceptors (Lipinski definition) is 6. The van der Waals surface area contributed by atoms with E-state index in [2.05, 4.69) is 20.2 Å². The van der Waals surface area contributed by atoms with Crippen LogP contribution in [-0.2, 0) is 11.3 Å². The molecule has 0 amide bonds. The number of aromatic amines is 1. The van der Waals surface area contributed by atoms with Gasteiger partial charge in [0.25, 0.3) is 0 Å². The first-order valence-electron chi connectivity index (χ1n) is 11.9. The number of nitrogens with one attached hydrogen (secondary N) is 1. The number of H-pyrrole nitrogens is 1. The minimum atomic E-state index is -0.0226. The maximum absolute atomic E-state index is 12.9. The monoisotopic (exact) mass is 479 g/mol. The van der Waals surface area contributed by atoms with Crippen LogP contribution in [0.1, 0.15) is 5.56 Å². The molecular formula is C28H25N5O3. The molecule has 1 aliphatic rings. The van der Waals surface area contributed by atoms with E-state index in [0.717, 1.165) is 47.0 Å². The lowest BCUT2D eigenvalue weighted by Crippen LogP contribution is -2.37. The fourth-order valence-electron chi connectivity index (χ4n) is 4.40. The van der Waals surface area contributed by atoms with Gasteiger partial charge in [0.2, 0.25) is 0 Å². The quantitative estimate of drug-likeness (QED) is 0.393. The Hall–Kier alpha value is -4.43. The minimum absolute atomic E-state index is 0.0226. The Bertz CT molecular complexity index is 1540. The van der Waals surface area contributed by atoms with Gasteiger partial charge in [-0.25, -0.2) is 4.68 Å². The minimum Gasteiger partial charge on any atom is -0.489 e. The van der Waals surface area contributed by atoms with Crippen LogP contribution < -0.4 is 15.1 Å². The van der Waals surface area contributed by atoms with Crippen LogP contribution >= 0.6 is 0 Å². The van der Waals surface area contributed by atoms with Crippen molar-refractivity contribution in [3.8, 4) is 22.7 Å². The van der Waals surface area contributed by atoms with Gasteiger partial charge in [-0.2, -0.15) is 0 Å². The largest absolute Gasteiger partial charge is 0.489 e. The van der Waals surface area contributed by atoms with Crippen molar-refractivity contribution in [2.24, 2.45) is 0 Å². The molecule has 5 aromatic rings. The van der Waals surface area contributed by atoms with E-state index in [0.29, 0.717) is 30.9 Å². The van der Waals surface area contributed by atoms with E-state index in [1.807, 2.05) is 79.0 Å². The van der Waals surface area contributed by atoms with Crippen LogP contribution in [0.3, 0.4) is 0 Å². The van der Waals surface area contributed by atoms with Gasteiger partial charge in [0.15, 0.2) is 5.43 Å². The van der Waals surface area contributed by atoms with Crippen LogP contribution in [-0.4, -0.2) is 46.3 Å². The fourth-order valence-corrected chi connectivity index (χ4v) is 4.40. The summed E-state index contributed by atoms with van der Waals surface area (Å²) in [5.41, 5.74) is 4.22. The Morgan fingerprint density at radius 2 is 1.75 bits per heavy atom. The van der Waals surface area contributed by atoms with E-state index in [9.17, 15) is 4.79 Å². The van der Waals surface area contributed by atoms with Crippen molar-refractivity contribution in [3.63, 3.8) is 0 Å². The normalized spacial score (nSPS) is 13.7. The van der Waals surface area contributed by atoms with Crippen molar-refractivity contribution in [1.29, 1.82) is 0 Å². The molecule has 36 heavy (non-hydrogen) atoms. The van der Waals surface area contributed by atoms with Gasteiger partial charge in [-0.3, -0.25) is 4.79 Å². The Balaban J connectivity index is 1.27. The zero-order valence-electron chi connectivity index (χ0n) is 19.6. The van der Waals surface area contributed by atoms with E-state index >= 15 is 0 Å². The van der Waals surface area contributed by atoms with E-state index in [4.69, 9.17) is 9.47 Å². The second-order valence-electron chi connectivity index (χ2n) is 8.66. The van der Waals surface area contributed by atoms with Gasteiger partial charge in [-0.05, 0) is 35.9 Å². The molecule has 1 aliphatic heterocycles. The van der Waals surface area contributed by atoms with Gasteiger partial charge in [0.1, 0.15) is 23.9 Å². The van der Waals surface area contributed by atoms with E-state index in [1.54, 1.807) is 10.7 Å². The number of fused-ring (bicyclic) bond motifs is 1. The highest BCUT2D eigenvalue weighted by Crippen LogP contribution is 2.27. The number of nitrogens with zero attached hydrogens (tertiary/aromatic N) is 4. The van der Waals surface area contributed by atoms with Crippen LogP contribution in [0.25, 0.3) is 27.8 Å². The molecule has 0 atom stereocenters. The smallest absolute Gasteiger partial charge is 0.191 e. The predicted octanol–water partition coefficient (Wildman–Crippen LogP) is 4.19. The third-order valence-corrected chi connectivity index (χ3v) is 6.32. The number of rotatable bonds is 6. The summed E-state index contributed by atoms with van der Waals surface area (Å²) in [5.74, 6) is 1.58. The number of pyridine rings is 1. The van der Waals surface area contributed by atoms with Crippen molar-refractivity contribution in [1.82, 2.24) is 20.0 Å². The molecule has 8 heteroatoms. The maximum atomic E-state index is 12.9. The first-order chi connectivity index (χ1) is 17.7. The van der Waals surface area contributed by atoms with Crippen molar-refractivity contribution >= 4 is 16.7 Å². The van der Waals surface area contributed by atoms with E-state index in [1.165, 1.54) is 0 Å². The highest BCUT2D eigenvalue weighted by Gasteiger charge is 2.16. The molecule has 1 N–H and O–H groups in total. The summed E-state index contributed by atoms with van der Waals surface area (Å²) in [6.07, 6.45) is 1.87. The van der Waals surface area contributed by atoms with Crippen LogP contribution in [0.15, 0.2) is 89.9 Å². The highest BCUT2D eigenvalue weighted by molar-refractivity contribution is 5.93. The number of hydrogen-bond donors (Lipinski definition) is 1. The molecule has 3 aromatic carbocycles. The number of para-hydroxylation sites is 1. The highest BCUT2D eigenvalue weighted by atomic mass is 16.5. The van der Waals surface area contributed by atoms with Crippen LogP contribution in [0, 0.1) is 0 Å². The average molecular weight is 480 g/mol. The Kier molecular flexibility index (Phi) is 5.93. The van der Waals surface area contributed by atoms with Crippen LogP contribution in [0.5, 0.6) is 5.75 Å². The van der Waals surface area contributed by atoms with Crippen LogP contribution in [0.4, 0.5) is 5.82 Å². The van der Waals surface area contributed by atoms with Gasteiger partial charge >= 0.3 is 0 Å². The molecular weight excluding hydrogens is 454 g/mol. The number of benzene rings is 3. The van der Waals surface area contributed by atoms with Gasteiger partial charge < -0.3 is 19.4 Å². The molecule has 0 spiro atoms. The lowest BCUT2D eigenvalue weighted by molar-refractivity contribution is 0.122. The van der Waals surface area contributed by atoms with E-state index in [-0.39, 0.29) is 5.43 Å². The summed E-state index contributed by atoms with van der Waals surface area (Å²) in [7, 11) is 0. The summed E-state index contributed by atoms with van der Waals surface area (Å²) in [6, 6.07) is 25.1. The topological polar surface area (TPSA) is 85.3 Å². The lowest BCUT2D eigenvalue weighted by atomic mass is 10.1. The van der Waals surface area contributed by atoms with Gasteiger partial charge in [-0.15, -0.1) is 5.10 Å². The van der Waals surface area contributed by atoms with Crippen molar-refractivity contribution in [2.75, 3.05) is 31.2 Å². The van der Waals surface area contributed by atoms with Crippen molar-refractivity contribution in [3.05, 3.63) is 101 Å². The molecule has 0 radical (unpaired) electrons. The third-order valence-electron chi connectivity index (χ3n) is 6.32. The lowest BCUT2D eigenvalue weighted by Gasteiger charge is -2.28. The zero-order chi connectivity index (χ0) is 24.3. The first kappa shape index (κ1) is 22.1. The summed E-state index contributed by atoms with van der Waals surface area (Å²) >= 11 is 0. The molecule has 0 unspecified atom stereocenters. The van der Waals surface area contributed by atoms with Crippen LogP contribution in [0.2, 0.25) is 0 Å². The fraction of sp³-hybridized carbons (Fsp3) is 0.179. The summed E-state index contributed by atoms with van der Waals surface area (Å²) in [6.45, 7) is 3.29. The molecule has 6 rings (SSSR count). The number of morpholine rings is 1. The summed E-state index contributed by atoms with van der Waals surface area (Å²) in [4.78, 5) is 18.5. The zero-order valence-corrected chi connectivity index (χ0v) is 19.6. The van der Waals surface area contributed by atoms with Crippen molar-refractivity contribution < 1.29 is 9.47 Å². The Morgan fingerprint density at radius 1 is 0.944 bits per heavy atom. The number of anilines is 1. The molecule has 180 valence electrons. The Morgan fingerprint density at radius 3 is 2.56 bits per heavy atom. The second kappa shape index (κ2) is 9.67.